The van der Waals surface area contributed by atoms with Crippen LogP contribution in [0.15, 0.2) is 72.8 Å². The van der Waals surface area contributed by atoms with E-state index in [4.69, 9.17) is 29.0 Å². The van der Waals surface area contributed by atoms with Gasteiger partial charge in [-0.25, -0.2) is 0 Å². The Morgan fingerprint density at radius 1 is 0.800 bits per heavy atom. The Morgan fingerprint density at radius 3 is 2.07 bits per heavy atom. The molecule has 30 heavy (non-hydrogen) atoms. The number of methoxy groups -OCH3 is 2. The molecule has 0 saturated carbocycles. The average Bonchev–Trinajstić information content (AvgIpc) is 3.34. The predicted octanol–water partition coefficient (Wildman–Crippen LogP) is 2.78. The van der Waals surface area contributed by atoms with Gasteiger partial charge in [0.05, 0.1) is 27.4 Å². The van der Waals surface area contributed by atoms with Gasteiger partial charge in [-0.2, -0.15) is 0 Å². The third kappa shape index (κ3) is 5.40. The van der Waals surface area contributed by atoms with E-state index in [1.165, 1.54) is 7.11 Å². The second-order valence-corrected chi connectivity index (χ2v) is 6.51. The van der Waals surface area contributed by atoms with Gasteiger partial charge in [0, 0.05) is 16.6 Å². The largest absolute Gasteiger partial charge is 0.497 e. The van der Waals surface area contributed by atoms with E-state index in [9.17, 15) is 0 Å². The maximum Gasteiger partial charge on any atom is 0.492 e. The summed E-state index contributed by atoms with van der Waals surface area (Å²) in [4.78, 5) is 0. The highest BCUT2D eigenvalue weighted by Gasteiger charge is 2.19. The van der Waals surface area contributed by atoms with Gasteiger partial charge in [-0.15, -0.1) is 0 Å². The van der Waals surface area contributed by atoms with E-state index < -0.39 is 7.12 Å². The third-order valence-corrected chi connectivity index (χ3v) is 4.62. The molecule has 1 saturated heterocycles. The first-order valence-corrected chi connectivity index (χ1v) is 9.59. The Kier molecular flexibility index (Phi) is 7.87. The summed E-state index contributed by atoms with van der Waals surface area (Å²) >= 11 is 0. The van der Waals surface area contributed by atoms with Gasteiger partial charge in [0.25, 0.3) is 0 Å². The van der Waals surface area contributed by atoms with Gasteiger partial charge in [0.2, 0.25) is 0 Å². The topological polar surface area (TPSA) is 77.4 Å². The number of rotatable bonds is 5. The zero-order valence-corrected chi connectivity index (χ0v) is 17.0. The van der Waals surface area contributed by atoms with Crippen molar-refractivity contribution >= 4 is 12.6 Å². The summed E-state index contributed by atoms with van der Waals surface area (Å²) in [6, 6.07) is 22.9. The van der Waals surface area contributed by atoms with E-state index in [0.29, 0.717) is 24.4 Å². The number of ether oxygens (including phenoxy) is 4. The van der Waals surface area contributed by atoms with Crippen LogP contribution in [-0.4, -0.2) is 44.6 Å². The molecule has 2 N–H and O–H groups in total. The van der Waals surface area contributed by atoms with Crippen LogP contribution in [0.25, 0.3) is 11.1 Å². The molecule has 3 aromatic rings. The summed E-state index contributed by atoms with van der Waals surface area (Å²) in [7, 11) is 1.71. The summed E-state index contributed by atoms with van der Waals surface area (Å²) in [5, 5.41) is 17.6. The van der Waals surface area contributed by atoms with Gasteiger partial charge < -0.3 is 29.0 Å². The smallest absolute Gasteiger partial charge is 0.492 e. The lowest BCUT2D eigenvalue weighted by Gasteiger charge is -2.12. The number of hydrogen-bond acceptors (Lipinski definition) is 6. The minimum absolute atomic E-state index is 0.241. The average molecular weight is 408 g/mol. The van der Waals surface area contributed by atoms with Gasteiger partial charge in [0.15, 0.2) is 6.29 Å². The number of benzene rings is 3. The minimum Gasteiger partial charge on any atom is -0.497 e. The lowest BCUT2D eigenvalue weighted by Crippen LogP contribution is -2.30. The zero-order valence-electron chi connectivity index (χ0n) is 17.0. The molecule has 1 fully saturated rings. The Hall–Kier alpha value is -2.84. The first-order chi connectivity index (χ1) is 14.6. The molecule has 0 radical (unpaired) electrons. The Bertz CT molecular complexity index is 940. The predicted molar refractivity (Wildman–Crippen MR) is 116 cm³/mol. The minimum atomic E-state index is -1.47. The zero-order chi connectivity index (χ0) is 21.3. The Morgan fingerprint density at radius 2 is 1.43 bits per heavy atom. The second-order valence-electron chi connectivity index (χ2n) is 6.51. The molecule has 0 spiro atoms. The van der Waals surface area contributed by atoms with Crippen molar-refractivity contribution in [1.82, 2.24) is 0 Å². The van der Waals surface area contributed by atoms with Crippen LogP contribution < -0.4 is 14.9 Å². The molecule has 0 amide bonds. The van der Waals surface area contributed by atoms with Crippen LogP contribution in [0.4, 0.5) is 0 Å². The monoisotopic (exact) mass is 408 g/mol. The summed E-state index contributed by atoms with van der Waals surface area (Å²) < 4.78 is 21.4. The van der Waals surface area contributed by atoms with Crippen LogP contribution in [0.3, 0.4) is 0 Å². The summed E-state index contributed by atoms with van der Waals surface area (Å²) in [6.45, 7) is 1.31. The van der Waals surface area contributed by atoms with E-state index >= 15 is 0 Å². The standard InChI is InChI=1S/C16H16O3.C7H9BO3/c1-17-15-8-3-2-7-14(15)12-5-4-6-13(11-12)16-18-9-10-19-16;1-11-7-5-3-2-4-6(7)8(9)10/h2-8,11,16H,9-10H2,1H3;2-5,9-10H,1H3. The highest BCUT2D eigenvalue weighted by atomic mass is 16.7. The molecule has 6 nitrogen and oxygen atoms in total. The maximum atomic E-state index is 8.81. The second kappa shape index (κ2) is 10.8. The van der Waals surface area contributed by atoms with Gasteiger partial charge in [0.1, 0.15) is 11.5 Å². The van der Waals surface area contributed by atoms with Crippen LogP contribution >= 0.6 is 0 Å². The molecule has 0 unspecified atom stereocenters. The van der Waals surface area contributed by atoms with Crippen molar-refractivity contribution in [2.24, 2.45) is 0 Å². The molecule has 1 aliphatic rings. The van der Waals surface area contributed by atoms with Crippen molar-refractivity contribution in [3.63, 3.8) is 0 Å². The molecule has 0 aliphatic carbocycles. The first kappa shape index (κ1) is 21.9. The molecule has 1 aliphatic heterocycles. The molecular formula is C23H25BO6. The molecule has 4 rings (SSSR count). The van der Waals surface area contributed by atoms with Gasteiger partial charge >= 0.3 is 7.12 Å². The molecule has 7 heteroatoms. The van der Waals surface area contributed by atoms with Gasteiger partial charge in [-0.3, -0.25) is 0 Å². The van der Waals surface area contributed by atoms with E-state index in [1.54, 1.807) is 31.4 Å². The maximum absolute atomic E-state index is 8.81. The van der Waals surface area contributed by atoms with E-state index in [-0.39, 0.29) is 6.29 Å². The summed E-state index contributed by atoms with van der Waals surface area (Å²) in [6.07, 6.45) is -0.241. The van der Waals surface area contributed by atoms with Crippen molar-refractivity contribution in [1.29, 1.82) is 0 Å². The van der Waals surface area contributed by atoms with E-state index in [1.807, 2.05) is 36.4 Å². The Balaban J connectivity index is 0.000000199. The third-order valence-electron chi connectivity index (χ3n) is 4.62. The van der Waals surface area contributed by atoms with Crippen LogP contribution in [0.1, 0.15) is 11.9 Å². The molecule has 1 heterocycles. The SMILES string of the molecule is COc1ccccc1-c1cccc(C2OCCO2)c1.COc1ccccc1B(O)O. The van der Waals surface area contributed by atoms with Crippen LogP contribution in [0.2, 0.25) is 0 Å². The van der Waals surface area contributed by atoms with Crippen molar-refractivity contribution in [3.8, 4) is 22.6 Å². The fraction of sp³-hybridized carbons (Fsp3) is 0.217. The molecule has 0 aromatic heterocycles. The lowest BCUT2D eigenvalue weighted by atomic mass is 9.80. The van der Waals surface area contributed by atoms with Gasteiger partial charge in [-0.1, -0.05) is 54.6 Å². The molecule has 156 valence electrons. The quantitative estimate of drug-likeness (QED) is 0.633. The Labute approximate surface area is 176 Å². The van der Waals surface area contributed by atoms with Crippen LogP contribution in [0.5, 0.6) is 11.5 Å². The van der Waals surface area contributed by atoms with Crippen LogP contribution in [-0.2, 0) is 9.47 Å². The van der Waals surface area contributed by atoms with Crippen LogP contribution in [0, 0.1) is 0 Å². The molecule has 3 aromatic carbocycles. The normalized spacial score (nSPS) is 13.3. The number of para-hydroxylation sites is 2. The number of hydrogen-bond donors (Lipinski definition) is 2. The highest BCUT2D eigenvalue weighted by molar-refractivity contribution is 6.59. The molecular weight excluding hydrogens is 383 g/mol. The molecule has 0 bridgehead atoms. The van der Waals surface area contributed by atoms with Crippen molar-refractivity contribution in [2.75, 3.05) is 27.4 Å². The fourth-order valence-corrected chi connectivity index (χ4v) is 3.17. The summed E-state index contributed by atoms with van der Waals surface area (Å²) in [5.74, 6) is 1.36. The fourth-order valence-electron chi connectivity index (χ4n) is 3.17. The highest BCUT2D eigenvalue weighted by Crippen LogP contribution is 2.32. The summed E-state index contributed by atoms with van der Waals surface area (Å²) in [5.41, 5.74) is 3.61. The van der Waals surface area contributed by atoms with Crippen molar-refractivity contribution in [3.05, 3.63) is 78.4 Å². The first-order valence-electron chi connectivity index (χ1n) is 9.59. The van der Waals surface area contributed by atoms with E-state index in [0.717, 1.165) is 22.4 Å². The van der Waals surface area contributed by atoms with E-state index in [2.05, 4.69) is 12.1 Å². The molecule has 0 atom stereocenters. The lowest BCUT2D eigenvalue weighted by molar-refractivity contribution is -0.0440. The van der Waals surface area contributed by atoms with Gasteiger partial charge in [-0.05, 0) is 23.8 Å². The van der Waals surface area contributed by atoms with Crippen molar-refractivity contribution < 1.29 is 29.0 Å². The van der Waals surface area contributed by atoms with Crippen molar-refractivity contribution in [2.45, 2.75) is 6.29 Å².